The van der Waals surface area contributed by atoms with Crippen molar-refractivity contribution in [2.75, 3.05) is 6.61 Å². The number of rotatable bonds is 2. The summed E-state index contributed by atoms with van der Waals surface area (Å²) in [5.41, 5.74) is -2.14. The monoisotopic (exact) mass is 338 g/mol. The lowest BCUT2D eigenvalue weighted by atomic mass is 9.64. The average molecular weight is 338 g/mol. The minimum Gasteiger partial charge on any atom is -0.459 e. The lowest BCUT2D eigenvalue weighted by Crippen LogP contribution is -2.53. The molecule has 4 atom stereocenters. The molecule has 0 aromatic carbocycles. The second-order valence-corrected chi connectivity index (χ2v) is 8.58. The van der Waals surface area contributed by atoms with Gasteiger partial charge in [0.05, 0.1) is 12.7 Å². The quantitative estimate of drug-likeness (QED) is 0.566. The first kappa shape index (κ1) is 17.5. The average Bonchev–Trinajstić information content (AvgIpc) is 2.88. The molecule has 1 heterocycles. The molecule has 6 nitrogen and oxygen atoms in total. The van der Waals surface area contributed by atoms with Crippen molar-refractivity contribution in [3.05, 3.63) is 0 Å². The first-order chi connectivity index (χ1) is 11.0. The second kappa shape index (κ2) is 5.36. The van der Waals surface area contributed by atoms with Gasteiger partial charge in [0.2, 0.25) is 0 Å². The molecule has 0 spiro atoms. The van der Waals surface area contributed by atoms with Gasteiger partial charge >= 0.3 is 5.97 Å². The van der Waals surface area contributed by atoms with Crippen LogP contribution in [0.1, 0.15) is 53.9 Å². The van der Waals surface area contributed by atoms with E-state index in [-0.39, 0.29) is 36.9 Å². The van der Waals surface area contributed by atoms with Crippen LogP contribution in [0.4, 0.5) is 0 Å². The minimum absolute atomic E-state index is 0.0370. The molecule has 2 saturated carbocycles. The van der Waals surface area contributed by atoms with E-state index in [1.54, 1.807) is 34.6 Å². The largest absolute Gasteiger partial charge is 0.459 e. The highest BCUT2D eigenvalue weighted by Gasteiger charge is 2.68. The van der Waals surface area contributed by atoms with E-state index < -0.39 is 34.8 Å². The number of ether oxygens (including phenoxy) is 3. The Bertz CT molecular complexity index is 587. The molecule has 24 heavy (non-hydrogen) atoms. The lowest BCUT2D eigenvalue weighted by Gasteiger charge is -2.40. The zero-order valence-corrected chi connectivity index (χ0v) is 15.0. The maximum atomic E-state index is 13.0. The van der Waals surface area contributed by atoms with Crippen molar-refractivity contribution in [1.82, 2.24) is 0 Å². The van der Waals surface area contributed by atoms with Crippen molar-refractivity contribution in [2.45, 2.75) is 71.4 Å². The smallest absolute Gasteiger partial charge is 0.321 e. The van der Waals surface area contributed by atoms with Crippen molar-refractivity contribution >= 4 is 17.5 Å². The van der Waals surface area contributed by atoms with E-state index in [0.29, 0.717) is 6.42 Å². The SMILES string of the molecule is CC(C)(C)OC(=O)[C@]12CC(=O)[C@H](CCC1=O)[C@H]2[C@H]1COC(C)(C)O1. The lowest BCUT2D eigenvalue weighted by molar-refractivity contribution is -0.185. The Morgan fingerprint density at radius 1 is 1.25 bits per heavy atom. The van der Waals surface area contributed by atoms with Gasteiger partial charge in [-0.05, 0) is 41.0 Å². The molecule has 2 bridgehead atoms. The number of hydrogen-bond donors (Lipinski definition) is 0. The van der Waals surface area contributed by atoms with Crippen molar-refractivity contribution in [2.24, 2.45) is 17.3 Å². The fourth-order valence-electron chi connectivity index (χ4n) is 4.36. The maximum absolute atomic E-state index is 13.0. The van der Waals surface area contributed by atoms with Gasteiger partial charge in [0.15, 0.2) is 11.6 Å². The van der Waals surface area contributed by atoms with Crippen LogP contribution in [0, 0.1) is 17.3 Å². The van der Waals surface area contributed by atoms with Crippen LogP contribution in [0.15, 0.2) is 0 Å². The standard InChI is InChI=1S/C18H26O6/c1-16(2,3)24-15(21)18-8-11(19)10(6-7-13(18)20)14(18)12-9-22-17(4,5)23-12/h10,12,14H,6-9H2,1-5H3/t10-,12+,14-,18+/m0/s1. The Kier molecular flexibility index (Phi) is 3.92. The summed E-state index contributed by atoms with van der Waals surface area (Å²) >= 11 is 0. The normalized spacial score (nSPS) is 38.5. The van der Waals surface area contributed by atoms with Crippen LogP contribution in [-0.2, 0) is 28.6 Å². The summed E-state index contributed by atoms with van der Waals surface area (Å²) in [5, 5.41) is 0. The maximum Gasteiger partial charge on any atom is 0.321 e. The van der Waals surface area contributed by atoms with E-state index in [9.17, 15) is 14.4 Å². The number of Topliss-reactive ketones (excluding diaryl/α,β-unsaturated/α-hetero) is 2. The van der Waals surface area contributed by atoms with Crippen molar-refractivity contribution in [3.8, 4) is 0 Å². The number of carbonyl (C=O) groups excluding carboxylic acids is 3. The van der Waals surface area contributed by atoms with Crippen LogP contribution in [0.3, 0.4) is 0 Å². The predicted octanol–water partition coefficient (Wildman–Crippen LogP) is 2.03. The molecule has 134 valence electrons. The van der Waals surface area contributed by atoms with E-state index in [0.717, 1.165) is 0 Å². The predicted molar refractivity (Wildman–Crippen MR) is 84.0 cm³/mol. The van der Waals surface area contributed by atoms with E-state index in [2.05, 4.69) is 0 Å². The fourth-order valence-corrected chi connectivity index (χ4v) is 4.36. The number of esters is 1. The number of hydrogen-bond acceptors (Lipinski definition) is 6. The molecule has 0 unspecified atom stereocenters. The molecule has 0 aromatic rings. The summed E-state index contributed by atoms with van der Waals surface area (Å²) < 4.78 is 17.1. The third kappa shape index (κ3) is 2.69. The van der Waals surface area contributed by atoms with Gasteiger partial charge in [-0.3, -0.25) is 14.4 Å². The molecule has 1 saturated heterocycles. The summed E-state index contributed by atoms with van der Waals surface area (Å²) in [6, 6.07) is 0. The highest BCUT2D eigenvalue weighted by atomic mass is 16.7. The third-order valence-electron chi connectivity index (χ3n) is 5.24. The first-order valence-electron chi connectivity index (χ1n) is 8.57. The summed E-state index contributed by atoms with van der Waals surface area (Å²) in [6.45, 7) is 9.14. The van der Waals surface area contributed by atoms with E-state index in [1.165, 1.54) is 0 Å². The van der Waals surface area contributed by atoms with Crippen molar-refractivity contribution < 1.29 is 28.6 Å². The first-order valence-corrected chi connectivity index (χ1v) is 8.57. The van der Waals surface area contributed by atoms with Crippen LogP contribution in [-0.4, -0.2) is 41.6 Å². The van der Waals surface area contributed by atoms with Crippen LogP contribution >= 0.6 is 0 Å². The summed E-state index contributed by atoms with van der Waals surface area (Å²) in [5.74, 6) is -2.43. The Balaban J connectivity index is 2.00. The van der Waals surface area contributed by atoms with Crippen molar-refractivity contribution in [3.63, 3.8) is 0 Å². The molecule has 0 amide bonds. The zero-order valence-electron chi connectivity index (χ0n) is 15.0. The topological polar surface area (TPSA) is 78.9 Å². The van der Waals surface area contributed by atoms with Crippen LogP contribution in [0.2, 0.25) is 0 Å². The Morgan fingerprint density at radius 3 is 2.46 bits per heavy atom. The summed E-state index contributed by atoms with van der Waals surface area (Å²) in [4.78, 5) is 38.4. The van der Waals surface area contributed by atoms with Crippen LogP contribution in [0.25, 0.3) is 0 Å². The van der Waals surface area contributed by atoms with Gasteiger partial charge in [-0.2, -0.15) is 0 Å². The summed E-state index contributed by atoms with van der Waals surface area (Å²) in [7, 11) is 0. The van der Waals surface area contributed by atoms with Crippen molar-refractivity contribution in [1.29, 1.82) is 0 Å². The minimum atomic E-state index is -1.41. The number of carbonyl (C=O) groups is 3. The molecule has 0 N–H and O–H groups in total. The number of ketones is 2. The van der Waals surface area contributed by atoms with Gasteiger partial charge in [-0.25, -0.2) is 0 Å². The Labute approximate surface area is 142 Å². The molecule has 0 radical (unpaired) electrons. The molecule has 3 fully saturated rings. The Morgan fingerprint density at radius 2 is 1.92 bits per heavy atom. The molecule has 2 aliphatic carbocycles. The van der Waals surface area contributed by atoms with Gasteiger partial charge < -0.3 is 14.2 Å². The molecule has 1 aliphatic heterocycles. The van der Waals surface area contributed by atoms with Gasteiger partial charge in [0.1, 0.15) is 16.8 Å². The summed E-state index contributed by atoms with van der Waals surface area (Å²) in [6.07, 6.45) is 0.195. The van der Waals surface area contributed by atoms with Gasteiger partial charge in [-0.1, -0.05) is 0 Å². The molecule has 0 aromatic heterocycles. The number of fused-ring (bicyclic) bond motifs is 2. The van der Waals surface area contributed by atoms with Crippen LogP contribution in [0.5, 0.6) is 0 Å². The van der Waals surface area contributed by atoms with E-state index in [4.69, 9.17) is 14.2 Å². The van der Waals surface area contributed by atoms with E-state index in [1.807, 2.05) is 0 Å². The molecular weight excluding hydrogens is 312 g/mol. The second-order valence-electron chi connectivity index (χ2n) is 8.58. The van der Waals surface area contributed by atoms with Gasteiger partial charge in [0, 0.05) is 24.7 Å². The molecule has 6 heteroatoms. The van der Waals surface area contributed by atoms with Crippen LogP contribution < -0.4 is 0 Å². The highest BCUT2D eigenvalue weighted by Crippen LogP contribution is 2.56. The van der Waals surface area contributed by atoms with E-state index >= 15 is 0 Å². The zero-order chi connectivity index (χ0) is 17.9. The Hall–Kier alpha value is -1.27. The molecular formula is C18H26O6. The van der Waals surface area contributed by atoms with Gasteiger partial charge in [-0.15, -0.1) is 0 Å². The fraction of sp³-hybridized carbons (Fsp3) is 0.833. The van der Waals surface area contributed by atoms with Gasteiger partial charge in [0.25, 0.3) is 0 Å². The molecule has 3 rings (SSSR count). The third-order valence-corrected chi connectivity index (χ3v) is 5.24. The highest BCUT2D eigenvalue weighted by molar-refractivity contribution is 6.12. The molecule has 3 aliphatic rings.